The summed E-state index contributed by atoms with van der Waals surface area (Å²) < 4.78 is 6.16. The van der Waals surface area contributed by atoms with Crippen LogP contribution < -0.4 is 10.6 Å². The van der Waals surface area contributed by atoms with Gasteiger partial charge in [-0.2, -0.15) is 0 Å². The normalized spacial score (nSPS) is 13.8. The SMILES string of the molecule is CC(O)(CNC(=O)c1ccc(Br)cc1NC(=O)OCC1c2ccccc2-c2ccccc21)C(=O)O. The molecule has 3 aromatic carbocycles. The van der Waals surface area contributed by atoms with Crippen molar-refractivity contribution in [3.05, 3.63) is 87.9 Å². The zero-order chi connectivity index (χ0) is 25.2. The summed E-state index contributed by atoms with van der Waals surface area (Å²) in [4.78, 5) is 36.4. The Balaban J connectivity index is 1.46. The monoisotopic (exact) mass is 538 g/mol. The van der Waals surface area contributed by atoms with Crippen LogP contribution in [0.15, 0.2) is 71.2 Å². The number of carbonyl (C=O) groups excluding carboxylic acids is 2. The minimum absolute atomic E-state index is 0.0860. The number of halogens is 1. The summed E-state index contributed by atoms with van der Waals surface area (Å²) in [6.07, 6.45) is -0.739. The molecule has 0 radical (unpaired) electrons. The van der Waals surface area contributed by atoms with Crippen molar-refractivity contribution in [2.45, 2.75) is 18.4 Å². The Morgan fingerprint density at radius 3 is 2.20 bits per heavy atom. The Bertz CT molecular complexity index is 1260. The molecule has 1 aliphatic rings. The van der Waals surface area contributed by atoms with Crippen LogP contribution in [0.2, 0.25) is 0 Å². The number of amides is 2. The van der Waals surface area contributed by atoms with E-state index in [0.29, 0.717) is 4.47 Å². The van der Waals surface area contributed by atoms with E-state index in [-0.39, 0.29) is 23.8 Å². The first-order valence-corrected chi connectivity index (χ1v) is 11.6. The second-order valence-corrected chi connectivity index (χ2v) is 9.32. The van der Waals surface area contributed by atoms with Crippen molar-refractivity contribution in [2.75, 3.05) is 18.5 Å². The third-order valence-electron chi connectivity index (χ3n) is 5.86. The lowest BCUT2D eigenvalue weighted by Crippen LogP contribution is -2.46. The smallest absolute Gasteiger partial charge is 0.411 e. The predicted molar refractivity (Wildman–Crippen MR) is 133 cm³/mol. The number of hydrogen-bond acceptors (Lipinski definition) is 5. The van der Waals surface area contributed by atoms with Crippen molar-refractivity contribution < 1.29 is 29.3 Å². The summed E-state index contributed by atoms with van der Waals surface area (Å²) in [6.45, 7) is 0.672. The molecule has 2 amide bonds. The standard InChI is InChI=1S/C26H23BrN2O6/c1-26(34,24(31)32)14-28-23(30)20-11-10-15(27)12-22(20)29-25(33)35-13-21-18-8-4-2-6-16(18)17-7-3-5-9-19(17)21/h2-12,21,34H,13-14H2,1H3,(H,28,30)(H,29,33)(H,31,32). The number of ether oxygens (including phenoxy) is 1. The molecule has 0 aromatic heterocycles. The van der Waals surface area contributed by atoms with Crippen LogP contribution in [0.4, 0.5) is 10.5 Å². The maximum Gasteiger partial charge on any atom is 0.411 e. The molecule has 9 heteroatoms. The first-order valence-electron chi connectivity index (χ1n) is 10.8. The van der Waals surface area contributed by atoms with Crippen molar-refractivity contribution in [2.24, 2.45) is 0 Å². The van der Waals surface area contributed by atoms with Gasteiger partial charge < -0.3 is 20.3 Å². The largest absolute Gasteiger partial charge is 0.479 e. The van der Waals surface area contributed by atoms with Crippen molar-refractivity contribution in [1.29, 1.82) is 0 Å². The summed E-state index contributed by atoms with van der Waals surface area (Å²) in [6, 6.07) is 20.6. The fourth-order valence-electron chi connectivity index (χ4n) is 3.99. The van der Waals surface area contributed by atoms with Gasteiger partial charge in [-0.3, -0.25) is 10.1 Å². The van der Waals surface area contributed by atoms with Gasteiger partial charge in [0.1, 0.15) is 6.61 Å². The molecule has 0 spiro atoms. The number of nitrogens with one attached hydrogen (secondary N) is 2. The predicted octanol–water partition coefficient (Wildman–Crippen LogP) is 4.38. The maximum atomic E-state index is 12.7. The molecule has 4 N–H and O–H groups in total. The number of carboxylic acid groups (broad SMARTS) is 1. The van der Waals surface area contributed by atoms with Crippen molar-refractivity contribution >= 4 is 39.6 Å². The molecule has 1 atom stereocenters. The molecule has 1 aliphatic carbocycles. The average Bonchev–Trinajstić information content (AvgIpc) is 3.15. The van der Waals surface area contributed by atoms with E-state index >= 15 is 0 Å². The van der Waals surface area contributed by atoms with Crippen LogP contribution in [0, 0.1) is 0 Å². The Morgan fingerprint density at radius 2 is 1.60 bits per heavy atom. The molecule has 180 valence electrons. The van der Waals surface area contributed by atoms with Crippen LogP contribution >= 0.6 is 15.9 Å². The van der Waals surface area contributed by atoms with Crippen molar-refractivity contribution in [3.63, 3.8) is 0 Å². The van der Waals surface area contributed by atoms with Gasteiger partial charge in [0.2, 0.25) is 0 Å². The highest BCUT2D eigenvalue weighted by molar-refractivity contribution is 9.10. The summed E-state index contributed by atoms with van der Waals surface area (Å²) >= 11 is 3.31. The third kappa shape index (κ3) is 5.21. The second-order valence-electron chi connectivity index (χ2n) is 8.40. The van der Waals surface area contributed by atoms with Gasteiger partial charge in [0.25, 0.3) is 5.91 Å². The molecule has 8 nitrogen and oxygen atoms in total. The highest BCUT2D eigenvalue weighted by Gasteiger charge is 2.31. The lowest BCUT2D eigenvalue weighted by atomic mass is 9.98. The molecule has 35 heavy (non-hydrogen) atoms. The van der Waals surface area contributed by atoms with Gasteiger partial charge in [-0.15, -0.1) is 0 Å². The average molecular weight is 539 g/mol. The zero-order valence-electron chi connectivity index (χ0n) is 18.7. The second kappa shape index (κ2) is 9.89. The van der Waals surface area contributed by atoms with E-state index in [0.717, 1.165) is 29.2 Å². The van der Waals surface area contributed by atoms with E-state index in [9.17, 15) is 19.5 Å². The number of fused-ring (bicyclic) bond motifs is 3. The Morgan fingerprint density at radius 1 is 1.00 bits per heavy atom. The quantitative estimate of drug-likeness (QED) is 0.354. The summed E-state index contributed by atoms with van der Waals surface area (Å²) in [5, 5.41) is 23.8. The number of carbonyl (C=O) groups is 3. The highest BCUT2D eigenvalue weighted by Crippen LogP contribution is 2.44. The number of carboxylic acids is 1. The van der Waals surface area contributed by atoms with Gasteiger partial charge >= 0.3 is 12.1 Å². The minimum Gasteiger partial charge on any atom is -0.479 e. The number of anilines is 1. The summed E-state index contributed by atoms with van der Waals surface area (Å²) in [7, 11) is 0. The van der Waals surface area contributed by atoms with E-state index in [2.05, 4.69) is 26.6 Å². The van der Waals surface area contributed by atoms with Gasteiger partial charge in [0, 0.05) is 10.4 Å². The van der Waals surface area contributed by atoms with Crippen LogP contribution in [-0.2, 0) is 9.53 Å². The Labute approximate surface area is 210 Å². The fraction of sp³-hybridized carbons (Fsp3) is 0.192. The van der Waals surface area contributed by atoms with Crippen LogP contribution in [0.3, 0.4) is 0 Å². The van der Waals surface area contributed by atoms with E-state index < -0.39 is 30.1 Å². The number of aliphatic hydroxyl groups is 1. The number of benzene rings is 3. The molecular formula is C26H23BrN2O6. The Hall–Kier alpha value is -3.69. The first kappa shape index (κ1) is 24.4. The molecule has 0 fully saturated rings. The van der Waals surface area contributed by atoms with E-state index in [4.69, 9.17) is 9.84 Å². The van der Waals surface area contributed by atoms with Crippen LogP contribution in [0.25, 0.3) is 11.1 Å². The number of hydrogen-bond donors (Lipinski definition) is 4. The third-order valence-corrected chi connectivity index (χ3v) is 6.35. The summed E-state index contributed by atoms with van der Waals surface area (Å²) in [5.41, 5.74) is 2.50. The van der Waals surface area contributed by atoms with Gasteiger partial charge in [0.05, 0.1) is 17.8 Å². The molecule has 0 bridgehead atoms. The molecule has 0 saturated heterocycles. The van der Waals surface area contributed by atoms with Crippen LogP contribution in [0.5, 0.6) is 0 Å². The van der Waals surface area contributed by atoms with Gasteiger partial charge in [0.15, 0.2) is 5.60 Å². The number of rotatable bonds is 7. The molecular weight excluding hydrogens is 516 g/mol. The van der Waals surface area contributed by atoms with Gasteiger partial charge in [-0.1, -0.05) is 64.5 Å². The van der Waals surface area contributed by atoms with Crippen LogP contribution in [-0.4, -0.2) is 46.9 Å². The van der Waals surface area contributed by atoms with Gasteiger partial charge in [-0.25, -0.2) is 9.59 Å². The molecule has 4 rings (SSSR count). The first-order chi connectivity index (χ1) is 16.7. The van der Waals surface area contributed by atoms with E-state index in [1.165, 1.54) is 12.1 Å². The van der Waals surface area contributed by atoms with E-state index in [1.807, 2.05) is 48.5 Å². The van der Waals surface area contributed by atoms with Crippen molar-refractivity contribution in [3.8, 4) is 11.1 Å². The van der Waals surface area contributed by atoms with Crippen LogP contribution in [0.1, 0.15) is 34.3 Å². The molecule has 0 heterocycles. The molecule has 0 saturated carbocycles. The minimum atomic E-state index is -2.13. The molecule has 0 aliphatic heterocycles. The maximum absolute atomic E-state index is 12.7. The highest BCUT2D eigenvalue weighted by atomic mass is 79.9. The summed E-state index contributed by atoms with van der Waals surface area (Å²) in [5.74, 6) is -2.24. The van der Waals surface area contributed by atoms with E-state index in [1.54, 1.807) is 6.07 Å². The van der Waals surface area contributed by atoms with Gasteiger partial charge in [-0.05, 0) is 47.4 Å². The van der Waals surface area contributed by atoms with Crippen molar-refractivity contribution in [1.82, 2.24) is 5.32 Å². The topological polar surface area (TPSA) is 125 Å². The molecule has 1 unspecified atom stereocenters. The molecule has 3 aromatic rings. The Kier molecular flexibility index (Phi) is 6.90. The lowest BCUT2D eigenvalue weighted by Gasteiger charge is -2.19. The zero-order valence-corrected chi connectivity index (χ0v) is 20.3. The fourth-order valence-corrected chi connectivity index (χ4v) is 4.35. The number of aliphatic carboxylic acids is 1. The lowest BCUT2D eigenvalue weighted by molar-refractivity contribution is -0.155.